The third kappa shape index (κ3) is 7.80. The summed E-state index contributed by atoms with van der Waals surface area (Å²) < 4.78 is 11.0. The predicted molar refractivity (Wildman–Crippen MR) is 83.6 cm³/mol. The smallest absolute Gasteiger partial charge is 0.261 e. The Labute approximate surface area is 121 Å². The Morgan fingerprint density at radius 1 is 1.26 bits per heavy atom. The van der Waals surface area contributed by atoms with Crippen LogP contribution in [0, 0.1) is 0 Å². The van der Waals surface area contributed by atoms with E-state index in [0.29, 0.717) is 24.5 Å². The van der Waals surface area contributed by atoms with Gasteiger partial charge in [-0.25, -0.2) is 0 Å². The summed E-state index contributed by atoms with van der Waals surface area (Å²) in [5, 5.41) is 3.40. The Kier molecular flexibility index (Phi) is 8.18. The molecule has 1 N–H and O–H groups in total. The van der Waals surface area contributed by atoms with E-state index < -0.39 is 0 Å². The number of unbranched alkanes of at least 4 members (excludes halogenated alkanes) is 1. The van der Waals surface area contributed by atoms with Crippen molar-refractivity contribution in [2.24, 2.45) is 0 Å². The summed E-state index contributed by atoms with van der Waals surface area (Å²) in [5.41, 5.74) is 0.935. The van der Waals surface area contributed by atoms with Gasteiger partial charge in [0.25, 0.3) is 5.17 Å². The van der Waals surface area contributed by atoms with Gasteiger partial charge in [-0.05, 0) is 37.7 Å². The lowest BCUT2D eigenvalue weighted by atomic mass is 10.2. The van der Waals surface area contributed by atoms with Gasteiger partial charge in [0.2, 0.25) is 0 Å². The number of para-hydroxylation sites is 1. The number of benzene rings is 1. The highest BCUT2D eigenvalue weighted by molar-refractivity contribution is 7.80. The average Bonchev–Trinajstić information content (AvgIpc) is 2.42. The van der Waals surface area contributed by atoms with Gasteiger partial charge in [-0.2, -0.15) is 0 Å². The lowest BCUT2D eigenvalue weighted by Crippen LogP contribution is -2.18. The zero-order valence-corrected chi connectivity index (χ0v) is 12.5. The molecule has 0 saturated heterocycles. The van der Waals surface area contributed by atoms with Crippen molar-refractivity contribution in [3.63, 3.8) is 0 Å². The Hall–Kier alpha value is -1.13. The molecular formula is C15H23NO2S. The molecule has 0 bridgehead atoms. The van der Waals surface area contributed by atoms with Crippen LogP contribution in [0.25, 0.3) is 0 Å². The van der Waals surface area contributed by atoms with Gasteiger partial charge in [0.1, 0.15) is 6.61 Å². The second-order valence-corrected chi connectivity index (χ2v) is 4.82. The molecule has 0 aliphatic heterocycles. The van der Waals surface area contributed by atoms with Crippen LogP contribution in [0.1, 0.15) is 33.1 Å². The van der Waals surface area contributed by atoms with Crippen LogP contribution in [-0.4, -0.2) is 24.5 Å². The van der Waals surface area contributed by atoms with Crippen LogP contribution < -0.4 is 5.32 Å². The molecule has 0 saturated carbocycles. The van der Waals surface area contributed by atoms with Gasteiger partial charge in [0, 0.05) is 5.69 Å². The van der Waals surface area contributed by atoms with Crippen LogP contribution in [0.5, 0.6) is 0 Å². The van der Waals surface area contributed by atoms with Crippen molar-refractivity contribution in [2.45, 2.75) is 39.2 Å². The molecule has 4 heteroatoms. The van der Waals surface area contributed by atoms with Gasteiger partial charge < -0.3 is 14.8 Å². The Bertz CT molecular complexity index is 356. The summed E-state index contributed by atoms with van der Waals surface area (Å²) >= 11 is 5.10. The van der Waals surface area contributed by atoms with Crippen LogP contribution in [0.2, 0.25) is 0 Å². The number of thiocarbonyl (C=S) groups is 1. The maximum absolute atomic E-state index is 5.63. The zero-order chi connectivity index (χ0) is 13.9. The van der Waals surface area contributed by atoms with Crippen LogP contribution in [-0.2, 0) is 9.47 Å². The highest BCUT2D eigenvalue weighted by Crippen LogP contribution is 2.06. The maximum atomic E-state index is 5.63. The van der Waals surface area contributed by atoms with Crippen LogP contribution in [0.15, 0.2) is 30.3 Å². The van der Waals surface area contributed by atoms with Gasteiger partial charge in [0.05, 0.1) is 12.7 Å². The topological polar surface area (TPSA) is 30.5 Å². The standard InChI is InChI=1S/C15H23NO2S/c1-3-4-8-13(2)17-11-12-18-15(19)16-14-9-6-5-7-10-14/h5-7,9-10,13H,3-4,8,11-12H2,1-2H3,(H,16,19). The fraction of sp³-hybridized carbons (Fsp3) is 0.533. The average molecular weight is 281 g/mol. The van der Waals surface area contributed by atoms with Gasteiger partial charge in [0.15, 0.2) is 0 Å². The predicted octanol–water partition coefficient (Wildman–Crippen LogP) is 4.00. The third-order valence-electron chi connectivity index (χ3n) is 2.70. The highest BCUT2D eigenvalue weighted by Gasteiger charge is 2.02. The molecule has 0 amide bonds. The molecule has 0 heterocycles. The summed E-state index contributed by atoms with van der Waals surface area (Å²) in [4.78, 5) is 0. The summed E-state index contributed by atoms with van der Waals surface area (Å²) in [6.45, 7) is 5.33. The first-order valence-corrected chi connectivity index (χ1v) is 7.23. The van der Waals surface area contributed by atoms with Gasteiger partial charge in [-0.15, -0.1) is 0 Å². The second-order valence-electron chi connectivity index (χ2n) is 4.45. The fourth-order valence-electron chi connectivity index (χ4n) is 1.63. The van der Waals surface area contributed by atoms with Crippen LogP contribution in [0.3, 0.4) is 0 Å². The molecule has 19 heavy (non-hydrogen) atoms. The Morgan fingerprint density at radius 2 is 2.00 bits per heavy atom. The number of anilines is 1. The molecule has 1 aromatic rings. The second kappa shape index (κ2) is 9.75. The normalized spacial score (nSPS) is 11.9. The van der Waals surface area contributed by atoms with E-state index in [-0.39, 0.29) is 0 Å². The molecule has 0 fully saturated rings. The first-order chi connectivity index (χ1) is 9.22. The number of hydrogen-bond acceptors (Lipinski definition) is 3. The first kappa shape index (κ1) is 15.9. The highest BCUT2D eigenvalue weighted by atomic mass is 32.1. The van der Waals surface area contributed by atoms with Crippen molar-refractivity contribution in [1.82, 2.24) is 0 Å². The van der Waals surface area contributed by atoms with E-state index in [1.54, 1.807) is 0 Å². The van der Waals surface area contributed by atoms with E-state index in [2.05, 4.69) is 19.2 Å². The summed E-state index contributed by atoms with van der Waals surface area (Å²) in [6, 6.07) is 9.74. The van der Waals surface area contributed by atoms with E-state index in [4.69, 9.17) is 21.7 Å². The van der Waals surface area contributed by atoms with E-state index in [0.717, 1.165) is 12.1 Å². The van der Waals surface area contributed by atoms with Crippen molar-refractivity contribution in [3.8, 4) is 0 Å². The maximum Gasteiger partial charge on any atom is 0.261 e. The quantitative estimate of drug-likeness (QED) is 0.576. The van der Waals surface area contributed by atoms with Crippen LogP contribution >= 0.6 is 12.2 Å². The summed E-state index contributed by atoms with van der Waals surface area (Å²) in [7, 11) is 0. The Balaban J connectivity index is 2.07. The van der Waals surface area contributed by atoms with E-state index >= 15 is 0 Å². The lowest BCUT2D eigenvalue weighted by molar-refractivity contribution is 0.0371. The van der Waals surface area contributed by atoms with E-state index in [1.165, 1.54) is 12.8 Å². The number of nitrogens with one attached hydrogen (secondary N) is 1. The van der Waals surface area contributed by atoms with Crippen molar-refractivity contribution in [1.29, 1.82) is 0 Å². The lowest BCUT2D eigenvalue weighted by Gasteiger charge is -2.13. The molecule has 0 aromatic heterocycles. The van der Waals surface area contributed by atoms with Crippen molar-refractivity contribution < 1.29 is 9.47 Å². The molecule has 0 spiro atoms. The van der Waals surface area contributed by atoms with Gasteiger partial charge in [-0.1, -0.05) is 38.0 Å². The molecule has 3 nitrogen and oxygen atoms in total. The fourth-order valence-corrected chi connectivity index (χ4v) is 1.84. The number of rotatable bonds is 8. The minimum atomic E-state index is 0.291. The largest absolute Gasteiger partial charge is 0.468 e. The van der Waals surface area contributed by atoms with E-state index in [1.807, 2.05) is 30.3 Å². The van der Waals surface area contributed by atoms with E-state index in [9.17, 15) is 0 Å². The molecule has 1 atom stereocenters. The number of ether oxygens (including phenoxy) is 2. The molecule has 0 radical (unpaired) electrons. The molecule has 0 aliphatic carbocycles. The van der Waals surface area contributed by atoms with Gasteiger partial charge in [-0.3, -0.25) is 0 Å². The molecule has 1 aromatic carbocycles. The monoisotopic (exact) mass is 281 g/mol. The zero-order valence-electron chi connectivity index (χ0n) is 11.7. The Morgan fingerprint density at radius 3 is 2.68 bits per heavy atom. The van der Waals surface area contributed by atoms with Crippen molar-refractivity contribution >= 4 is 23.1 Å². The molecule has 1 unspecified atom stereocenters. The minimum absolute atomic E-state index is 0.291. The first-order valence-electron chi connectivity index (χ1n) is 6.82. The third-order valence-corrected chi connectivity index (χ3v) is 2.92. The molecular weight excluding hydrogens is 258 g/mol. The molecule has 106 valence electrons. The minimum Gasteiger partial charge on any atom is -0.468 e. The van der Waals surface area contributed by atoms with Crippen molar-refractivity contribution in [2.75, 3.05) is 18.5 Å². The van der Waals surface area contributed by atoms with Crippen LogP contribution in [0.4, 0.5) is 5.69 Å². The van der Waals surface area contributed by atoms with Crippen molar-refractivity contribution in [3.05, 3.63) is 30.3 Å². The molecule has 1 rings (SSSR count). The summed E-state index contributed by atoms with van der Waals surface area (Å²) in [5.74, 6) is 0. The number of hydrogen-bond donors (Lipinski definition) is 1. The molecule has 0 aliphatic rings. The summed E-state index contributed by atoms with van der Waals surface area (Å²) in [6.07, 6.45) is 3.80. The van der Waals surface area contributed by atoms with Gasteiger partial charge >= 0.3 is 0 Å². The SMILES string of the molecule is CCCCC(C)OCCOC(=S)Nc1ccccc1.